The van der Waals surface area contributed by atoms with Crippen LogP contribution in [0.5, 0.6) is 0 Å². The Morgan fingerprint density at radius 3 is 2.38 bits per heavy atom. The Bertz CT molecular complexity index is 329. The topological polar surface area (TPSA) is 16.1 Å². The lowest BCUT2D eigenvalue weighted by Gasteiger charge is -2.33. The number of nitrogens with zero attached hydrogens (tertiary/aromatic N) is 2. The molecule has 0 bridgehead atoms. The third kappa shape index (κ3) is 2.46. The highest BCUT2D eigenvalue weighted by Crippen LogP contribution is 2.34. The summed E-state index contributed by atoms with van der Waals surface area (Å²) >= 11 is 0. The predicted molar refractivity (Wildman–Crippen MR) is 55.2 cm³/mol. The molecule has 0 spiro atoms. The SMILES string of the molecule is FC(F)(F)C1CCN(c2ccccn2)CC1. The third-order valence-electron chi connectivity index (χ3n) is 2.93. The van der Waals surface area contributed by atoms with Gasteiger partial charge in [-0.2, -0.15) is 13.2 Å². The van der Waals surface area contributed by atoms with Crippen LogP contribution in [0.1, 0.15) is 12.8 Å². The second-order valence-electron chi connectivity index (χ2n) is 3.99. The van der Waals surface area contributed by atoms with Crippen molar-refractivity contribution >= 4 is 5.82 Å². The van der Waals surface area contributed by atoms with Gasteiger partial charge in [-0.3, -0.25) is 0 Å². The quantitative estimate of drug-likeness (QED) is 0.737. The summed E-state index contributed by atoms with van der Waals surface area (Å²) in [6.07, 6.45) is -2.05. The highest BCUT2D eigenvalue weighted by molar-refractivity contribution is 5.37. The number of hydrogen-bond acceptors (Lipinski definition) is 2. The van der Waals surface area contributed by atoms with Crippen LogP contribution in [-0.4, -0.2) is 24.2 Å². The molecule has 1 saturated heterocycles. The lowest BCUT2D eigenvalue weighted by Crippen LogP contribution is -2.39. The Labute approximate surface area is 92.1 Å². The molecule has 88 valence electrons. The average molecular weight is 230 g/mol. The molecule has 0 aliphatic carbocycles. The lowest BCUT2D eigenvalue weighted by atomic mass is 9.96. The molecule has 0 N–H and O–H groups in total. The molecule has 16 heavy (non-hydrogen) atoms. The summed E-state index contributed by atoms with van der Waals surface area (Å²) in [5.41, 5.74) is 0. The van der Waals surface area contributed by atoms with E-state index in [2.05, 4.69) is 4.98 Å². The van der Waals surface area contributed by atoms with E-state index in [1.807, 2.05) is 17.0 Å². The van der Waals surface area contributed by atoms with Crippen molar-refractivity contribution in [1.82, 2.24) is 4.98 Å². The minimum absolute atomic E-state index is 0.167. The molecule has 1 aromatic heterocycles. The van der Waals surface area contributed by atoms with Gasteiger partial charge >= 0.3 is 6.18 Å². The van der Waals surface area contributed by atoms with Gasteiger partial charge in [0.15, 0.2) is 0 Å². The van der Waals surface area contributed by atoms with Crippen LogP contribution in [0, 0.1) is 5.92 Å². The van der Waals surface area contributed by atoms with Crippen molar-refractivity contribution in [3.05, 3.63) is 24.4 Å². The van der Waals surface area contributed by atoms with Gasteiger partial charge in [0.25, 0.3) is 0 Å². The van der Waals surface area contributed by atoms with Gasteiger partial charge in [-0.05, 0) is 25.0 Å². The molecule has 2 heterocycles. The van der Waals surface area contributed by atoms with Crippen molar-refractivity contribution in [2.75, 3.05) is 18.0 Å². The van der Waals surface area contributed by atoms with Crippen molar-refractivity contribution in [1.29, 1.82) is 0 Å². The van der Waals surface area contributed by atoms with Gasteiger partial charge in [0.05, 0.1) is 5.92 Å². The number of rotatable bonds is 1. The summed E-state index contributed by atoms with van der Waals surface area (Å²) in [5, 5.41) is 0. The van der Waals surface area contributed by atoms with Crippen molar-refractivity contribution in [3.8, 4) is 0 Å². The first-order valence-electron chi connectivity index (χ1n) is 5.30. The first kappa shape index (κ1) is 11.2. The summed E-state index contributed by atoms with van der Waals surface area (Å²) in [6.45, 7) is 0.863. The summed E-state index contributed by atoms with van der Waals surface area (Å²) in [7, 11) is 0. The third-order valence-corrected chi connectivity index (χ3v) is 2.93. The molecule has 0 unspecified atom stereocenters. The van der Waals surface area contributed by atoms with Crippen LogP contribution in [0.3, 0.4) is 0 Å². The van der Waals surface area contributed by atoms with Gasteiger partial charge in [-0.25, -0.2) is 4.98 Å². The minimum atomic E-state index is -4.05. The van der Waals surface area contributed by atoms with Gasteiger partial charge in [0.1, 0.15) is 5.82 Å². The number of pyridine rings is 1. The molecule has 0 radical (unpaired) electrons. The molecule has 2 nitrogen and oxygen atoms in total. The number of aromatic nitrogens is 1. The van der Waals surface area contributed by atoms with E-state index >= 15 is 0 Å². The van der Waals surface area contributed by atoms with E-state index in [4.69, 9.17) is 0 Å². The fourth-order valence-corrected chi connectivity index (χ4v) is 1.98. The molecule has 0 saturated carbocycles. The second-order valence-corrected chi connectivity index (χ2v) is 3.99. The Kier molecular flexibility index (Phi) is 3.03. The summed E-state index contributed by atoms with van der Waals surface area (Å²) in [6, 6.07) is 5.47. The van der Waals surface area contributed by atoms with E-state index in [0.717, 1.165) is 5.82 Å². The van der Waals surface area contributed by atoms with Gasteiger partial charge in [0.2, 0.25) is 0 Å². The average Bonchev–Trinajstić information content (AvgIpc) is 2.29. The van der Waals surface area contributed by atoms with E-state index < -0.39 is 12.1 Å². The molecular formula is C11H13F3N2. The second kappa shape index (κ2) is 4.31. The molecule has 5 heteroatoms. The minimum Gasteiger partial charge on any atom is -0.357 e. The van der Waals surface area contributed by atoms with Gasteiger partial charge in [-0.1, -0.05) is 6.07 Å². The number of piperidine rings is 1. The first-order chi connectivity index (χ1) is 7.57. The van der Waals surface area contributed by atoms with Gasteiger partial charge < -0.3 is 4.90 Å². The summed E-state index contributed by atoms with van der Waals surface area (Å²) < 4.78 is 37.3. The van der Waals surface area contributed by atoms with Crippen LogP contribution >= 0.6 is 0 Å². The Morgan fingerprint density at radius 2 is 1.88 bits per heavy atom. The fourth-order valence-electron chi connectivity index (χ4n) is 1.98. The van der Waals surface area contributed by atoms with Crippen LogP contribution in [0.4, 0.5) is 19.0 Å². The molecule has 0 atom stereocenters. The van der Waals surface area contributed by atoms with Crippen LogP contribution in [-0.2, 0) is 0 Å². The highest BCUT2D eigenvalue weighted by atomic mass is 19.4. The molecular weight excluding hydrogens is 217 g/mol. The molecule has 1 aliphatic rings. The zero-order chi connectivity index (χ0) is 11.6. The first-order valence-corrected chi connectivity index (χ1v) is 5.30. The Morgan fingerprint density at radius 1 is 1.19 bits per heavy atom. The van der Waals surface area contributed by atoms with E-state index in [9.17, 15) is 13.2 Å². The maximum Gasteiger partial charge on any atom is 0.391 e. The normalized spacial score (nSPS) is 18.8. The zero-order valence-electron chi connectivity index (χ0n) is 8.74. The molecule has 0 amide bonds. The number of alkyl halides is 3. The smallest absolute Gasteiger partial charge is 0.357 e. The largest absolute Gasteiger partial charge is 0.391 e. The lowest BCUT2D eigenvalue weighted by molar-refractivity contribution is -0.179. The van der Waals surface area contributed by atoms with Gasteiger partial charge in [-0.15, -0.1) is 0 Å². The van der Waals surface area contributed by atoms with E-state index in [0.29, 0.717) is 13.1 Å². The molecule has 1 fully saturated rings. The number of halogens is 3. The fraction of sp³-hybridized carbons (Fsp3) is 0.545. The maximum absolute atomic E-state index is 12.4. The van der Waals surface area contributed by atoms with Crippen molar-refractivity contribution in [2.45, 2.75) is 19.0 Å². The van der Waals surface area contributed by atoms with E-state index in [-0.39, 0.29) is 12.8 Å². The van der Waals surface area contributed by atoms with E-state index in [1.54, 1.807) is 12.3 Å². The van der Waals surface area contributed by atoms with Crippen molar-refractivity contribution in [2.24, 2.45) is 5.92 Å². The number of hydrogen-bond donors (Lipinski definition) is 0. The molecule has 0 aromatic carbocycles. The Balaban J connectivity index is 1.96. The van der Waals surface area contributed by atoms with Crippen LogP contribution in [0.25, 0.3) is 0 Å². The predicted octanol–water partition coefficient (Wildman–Crippen LogP) is 2.86. The maximum atomic E-state index is 12.4. The van der Waals surface area contributed by atoms with Crippen LogP contribution in [0.15, 0.2) is 24.4 Å². The van der Waals surface area contributed by atoms with Crippen molar-refractivity contribution < 1.29 is 13.2 Å². The van der Waals surface area contributed by atoms with E-state index in [1.165, 1.54) is 0 Å². The highest BCUT2D eigenvalue weighted by Gasteiger charge is 2.41. The molecule has 2 rings (SSSR count). The number of anilines is 1. The zero-order valence-corrected chi connectivity index (χ0v) is 8.74. The van der Waals surface area contributed by atoms with Crippen LogP contribution < -0.4 is 4.90 Å². The standard InChI is InChI=1S/C11H13F3N2/c12-11(13,14)9-4-7-16(8-5-9)10-3-1-2-6-15-10/h1-3,6,9H,4-5,7-8H2. The monoisotopic (exact) mass is 230 g/mol. The summed E-state index contributed by atoms with van der Waals surface area (Å²) in [4.78, 5) is 6.04. The molecule has 1 aromatic rings. The van der Waals surface area contributed by atoms with Gasteiger partial charge in [0, 0.05) is 19.3 Å². The van der Waals surface area contributed by atoms with Crippen LogP contribution in [0.2, 0.25) is 0 Å². The molecule has 1 aliphatic heterocycles. The Hall–Kier alpha value is -1.26. The summed E-state index contributed by atoms with van der Waals surface area (Å²) in [5.74, 6) is -0.379. The van der Waals surface area contributed by atoms with Crippen molar-refractivity contribution in [3.63, 3.8) is 0 Å².